The van der Waals surface area contributed by atoms with E-state index in [2.05, 4.69) is 29.3 Å². The van der Waals surface area contributed by atoms with Crippen molar-refractivity contribution in [3.8, 4) is 0 Å². The summed E-state index contributed by atoms with van der Waals surface area (Å²) in [5, 5.41) is 8.74. The lowest BCUT2D eigenvalue weighted by Gasteiger charge is -2.08. The van der Waals surface area contributed by atoms with E-state index in [4.69, 9.17) is 23.2 Å². The summed E-state index contributed by atoms with van der Waals surface area (Å²) in [5.74, 6) is 0. The molecule has 0 unspecified atom stereocenters. The Hall–Kier alpha value is -1.64. The first-order chi connectivity index (χ1) is 9.99. The highest BCUT2D eigenvalue weighted by molar-refractivity contribution is 6.71. The van der Waals surface area contributed by atoms with Gasteiger partial charge in [-0.3, -0.25) is 0 Å². The maximum Gasteiger partial charge on any atom is 0.159 e. The minimum absolute atomic E-state index is 0.316. The average molecular weight is 319 g/mol. The third kappa shape index (κ3) is 3.93. The van der Waals surface area contributed by atoms with Crippen molar-refractivity contribution in [2.75, 3.05) is 0 Å². The van der Waals surface area contributed by atoms with Gasteiger partial charge >= 0.3 is 0 Å². The van der Waals surface area contributed by atoms with E-state index in [0.717, 1.165) is 22.3 Å². The normalized spacial score (nSPS) is 12.6. The van der Waals surface area contributed by atoms with Crippen LogP contribution in [0.5, 0.6) is 0 Å². The van der Waals surface area contributed by atoms with Crippen LogP contribution in [0.3, 0.4) is 0 Å². The molecule has 0 amide bonds. The van der Waals surface area contributed by atoms with Crippen molar-refractivity contribution in [2.45, 2.75) is 20.8 Å². The number of benzene rings is 2. The minimum Gasteiger partial charge on any atom is -0.136 e. The minimum atomic E-state index is 0.316. The predicted molar refractivity (Wildman–Crippen MR) is 91.9 cm³/mol. The van der Waals surface area contributed by atoms with Crippen molar-refractivity contribution >= 4 is 33.5 Å². The number of hydrogen-bond acceptors (Lipinski definition) is 2. The van der Waals surface area contributed by atoms with Gasteiger partial charge in [-0.2, -0.15) is 0 Å². The van der Waals surface area contributed by atoms with Gasteiger partial charge in [0.15, 0.2) is 10.3 Å². The fourth-order valence-corrected chi connectivity index (χ4v) is 2.78. The number of rotatable bonds is 3. The Morgan fingerprint density at radius 3 is 1.90 bits per heavy atom. The standard InChI is InChI=1S/C17H16Cl2N2/c1-11-9-12(2)15(13(3)10-11)17(19)21-20-16(18)14-7-5-4-6-8-14/h4-10H,1-3H3. The van der Waals surface area contributed by atoms with Crippen LogP contribution in [0.1, 0.15) is 27.8 Å². The van der Waals surface area contributed by atoms with Crippen molar-refractivity contribution in [1.29, 1.82) is 0 Å². The van der Waals surface area contributed by atoms with Gasteiger partial charge in [-0.05, 0) is 31.9 Å². The van der Waals surface area contributed by atoms with Crippen LogP contribution in [-0.2, 0) is 0 Å². The summed E-state index contributed by atoms with van der Waals surface area (Å²) >= 11 is 12.4. The van der Waals surface area contributed by atoms with Crippen LogP contribution in [0.25, 0.3) is 0 Å². The molecule has 4 heteroatoms. The summed E-state index contributed by atoms with van der Waals surface area (Å²) in [6.07, 6.45) is 0. The van der Waals surface area contributed by atoms with E-state index in [-0.39, 0.29) is 0 Å². The predicted octanol–water partition coefficient (Wildman–Crippen LogP) is 5.20. The molecule has 0 aromatic heterocycles. The Morgan fingerprint density at radius 2 is 1.33 bits per heavy atom. The highest BCUT2D eigenvalue weighted by Crippen LogP contribution is 2.19. The van der Waals surface area contributed by atoms with Crippen molar-refractivity contribution < 1.29 is 0 Å². The largest absolute Gasteiger partial charge is 0.159 e. The molecule has 0 atom stereocenters. The SMILES string of the molecule is Cc1cc(C)c(C(Cl)=NN=C(Cl)c2ccccc2)c(C)c1. The lowest BCUT2D eigenvalue weighted by Crippen LogP contribution is -2.00. The highest BCUT2D eigenvalue weighted by Gasteiger charge is 2.09. The molecule has 21 heavy (non-hydrogen) atoms. The van der Waals surface area contributed by atoms with Gasteiger partial charge in [-0.1, -0.05) is 71.2 Å². The lowest BCUT2D eigenvalue weighted by atomic mass is 10.0. The number of halogens is 2. The van der Waals surface area contributed by atoms with Gasteiger partial charge in [0.05, 0.1) is 0 Å². The molecule has 0 saturated heterocycles. The van der Waals surface area contributed by atoms with Gasteiger partial charge in [0.2, 0.25) is 0 Å². The van der Waals surface area contributed by atoms with E-state index in [1.807, 2.05) is 44.2 Å². The summed E-state index contributed by atoms with van der Waals surface area (Å²) in [6.45, 7) is 6.07. The average Bonchev–Trinajstić information content (AvgIpc) is 2.44. The molecule has 2 aromatic rings. The van der Waals surface area contributed by atoms with Gasteiger partial charge in [0.1, 0.15) is 0 Å². The Kier molecular flexibility index (Phi) is 5.16. The fourth-order valence-electron chi connectivity index (χ4n) is 2.28. The van der Waals surface area contributed by atoms with E-state index in [0.29, 0.717) is 10.3 Å². The first-order valence-corrected chi connectivity index (χ1v) is 7.35. The molecule has 108 valence electrons. The summed E-state index contributed by atoms with van der Waals surface area (Å²) in [6, 6.07) is 13.6. The first-order valence-electron chi connectivity index (χ1n) is 6.59. The van der Waals surface area contributed by atoms with Crippen LogP contribution < -0.4 is 0 Å². The molecule has 2 nitrogen and oxygen atoms in total. The smallest absolute Gasteiger partial charge is 0.136 e. The third-order valence-corrected chi connectivity index (χ3v) is 3.68. The van der Waals surface area contributed by atoms with Crippen LogP contribution in [0.4, 0.5) is 0 Å². The van der Waals surface area contributed by atoms with Crippen molar-refractivity contribution in [1.82, 2.24) is 0 Å². The molecule has 0 aliphatic carbocycles. The highest BCUT2D eigenvalue weighted by atomic mass is 35.5. The molecule has 0 aliphatic heterocycles. The molecule has 0 radical (unpaired) electrons. The van der Waals surface area contributed by atoms with E-state index >= 15 is 0 Å². The topological polar surface area (TPSA) is 24.7 Å². The molecular weight excluding hydrogens is 303 g/mol. The molecule has 0 N–H and O–H groups in total. The van der Waals surface area contributed by atoms with Gasteiger partial charge in [-0.15, -0.1) is 10.2 Å². The van der Waals surface area contributed by atoms with Crippen molar-refractivity contribution in [3.05, 3.63) is 70.3 Å². The van der Waals surface area contributed by atoms with E-state index in [1.54, 1.807) is 0 Å². The molecule has 0 bridgehead atoms. The maximum absolute atomic E-state index is 6.28. The summed E-state index contributed by atoms with van der Waals surface area (Å²) in [5.41, 5.74) is 5.07. The molecule has 0 saturated carbocycles. The Balaban J connectivity index is 2.34. The Bertz CT molecular complexity index is 681. The second kappa shape index (κ2) is 6.88. The Morgan fingerprint density at radius 1 is 0.810 bits per heavy atom. The van der Waals surface area contributed by atoms with Crippen LogP contribution in [0.15, 0.2) is 52.7 Å². The van der Waals surface area contributed by atoms with Crippen LogP contribution in [-0.4, -0.2) is 10.3 Å². The second-order valence-corrected chi connectivity index (χ2v) is 5.64. The molecule has 0 heterocycles. The fraction of sp³-hybridized carbons (Fsp3) is 0.176. The number of hydrogen-bond donors (Lipinski definition) is 0. The van der Waals surface area contributed by atoms with Crippen molar-refractivity contribution in [2.24, 2.45) is 10.2 Å². The van der Waals surface area contributed by atoms with E-state index < -0.39 is 0 Å². The summed E-state index contributed by atoms with van der Waals surface area (Å²) in [7, 11) is 0. The number of nitrogens with zero attached hydrogens (tertiary/aromatic N) is 2. The van der Waals surface area contributed by atoms with Gasteiger partial charge in [0, 0.05) is 11.1 Å². The lowest BCUT2D eigenvalue weighted by molar-refractivity contribution is 1.23. The van der Waals surface area contributed by atoms with Crippen LogP contribution in [0, 0.1) is 20.8 Å². The van der Waals surface area contributed by atoms with Gasteiger partial charge < -0.3 is 0 Å². The van der Waals surface area contributed by atoms with Crippen molar-refractivity contribution in [3.63, 3.8) is 0 Å². The second-order valence-electron chi connectivity index (χ2n) is 4.92. The number of aryl methyl sites for hydroxylation is 3. The summed E-state index contributed by atoms with van der Waals surface area (Å²) < 4.78 is 0. The van der Waals surface area contributed by atoms with Crippen LogP contribution in [0.2, 0.25) is 0 Å². The molecule has 0 spiro atoms. The third-order valence-electron chi connectivity index (χ3n) is 3.12. The Labute approximate surface area is 135 Å². The van der Waals surface area contributed by atoms with E-state index in [1.165, 1.54) is 5.56 Å². The maximum atomic E-state index is 6.28. The van der Waals surface area contributed by atoms with E-state index in [9.17, 15) is 0 Å². The van der Waals surface area contributed by atoms with Gasteiger partial charge in [0.25, 0.3) is 0 Å². The first kappa shape index (κ1) is 15.7. The summed E-state index contributed by atoms with van der Waals surface area (Å²) in [4.78, 5) is 0. The zero-order chi connectivity index (χ0) is 15.4. The monoisotopic (exact) mass is 318 g/mol. The molecule has 0 fully saturated rings. The van der Waals surface area contributed by atoms with Crippen LogP contribution >= 0.6 is 23.2 Å². The molecule has 2 aromatic carbocycles. The van der Waals surface area contributed by atoms with Gasteiger partial charge in [-0.25, -0.2) is 0 Å². The zero-order valence-corrected chi connectivity index (χ0v) is 13.7. The quantitative estimate of drug-likeness (QED) is 0.549. The molecular formula is C17H16Cl2N2. The molecule has 2 rings (SSSR count). The molecule has 0 aliphatic rings. The zero-order valence-electron chi connectivity index (χ0n) is 12.2.